The molecule has 0 amide bonds. The maximum absolute atomic E-state index is 5.60. The number of nitrogens with one attached hydrogen (secondary N) is 1. The Morgan fingerprint density at radius 2 is 1.92 bits per heavy atom. The Morgan fingerprint density at radius 3 is 2.65 bits per heavy atom. The van der Waals surface area contributed by atoms with Gasteiger partial charge in [0.2, 0.25) is 5.95 Å². The molecule has 1 aliphatic heterocycles. The van der Waals surface area contributed by atoms with Crippen LogP contribution in [0.1, 0.15) is 29.6 Å². The standard InChI is InChI=1S/C19H19BrN4O2/c1-25-14-7-8-18(26-2)15(9-14)17-10-16(12-3-5-13(20)6-4-12)23-19-21-11-22-24(17)19/h3-9,11,16-17H,10H2,1-2H3,(H,21,22,23)/t16-,17+/m0/s1. The summed E-state index contributed by atoms with van der Waals surface area (Å²) in [6, 6.07) is 14.3. The minimum absolute atomic E-state index is 0.00699. The summed E-state index contributed by atoms with van der Waals surface area (Å²) in [4.78, 5) is 4.38. The van der Waals surface area contributed by atoms with Crippen LogP contribution in [0, 0.1) is 0 Å². The van der Waals surface area contributed by atoms with Crippen molar-refractivity contribution in [1.29, 1.82) is 0 Å². The van der Waals surface area contributed by atoms with Crippen LogP contribution in [-0.4, -0.2) is 29.0 Å². The van der Waals surface area contributed by atoms with Crippen molar-refractivity contribution in [3.63, 3.8) is 0 Å². The number of aromatic nitrogens is 3. The second-order valence-corrected chi connectivity index (χ2v) is 7.05. The van der Waals surface area contributed by atoms with Crippen molar-refractivity contribution in [3.05, 3.63) is 64.4 Å². The third-order valence-corrected chi connectivity index (χ3v) is 5.23. The van der Waals surface area contributed by atoms with Gasteiger partial charge < -0.3 is 14.8 Å². The lowest BCUT2D eigenvalue weighted by atomic mass is 9.92. The summed E-state index contributed by atoms with van der Waals surface area (Å²) in [5, 5.41) is 7.91. The summed E-state index contributed by atoms with van der Waals surface area (Å²) >= 11 is 3.50. The van der Waals surface area contributed by atoms with Crippen molar-refractivity contribution in [2.45, 2.75) is 18.5 Å². The lowest BCUT2D eigenvalue weighted by Gasteiger charge is -2.32. The SMILES string of the molecule is COc1ccc(OC)c([C@H]2C[C@@H](c3ccc(Br)cc3)Nc3ncnn32)c1. The molecule has 0 aliphatic carbocycles. The molecule has 2 atom stereocenters. The molecule has 0 spiro atoms. The van der Waals surface area contributed by atoms with Gasteiger partial charge in [0.05, 0.1) is 26.3 Å². The monoisotopic (exact) mass is 414 g/mol. The minimum Gasteiger partial charge on any atom is -0.497 e. The molecule has 3 aromatic rings. The van der Waals surface area contributed by atoms with E-state index in [2.05, 4.69) is 55.6 Å². The van der Waals surface area contributed by atoms with E-state index in [4.69, 9.17) is 9.47 Å². The second kappa shape index (κ2) is 6.99. The van der Waals surface area contributed by atoms with Crippen molar-refractivity contribution >= 4 is 21.9 Å². The van der Waals surface area contributed by atoms with Crippen LogP contribution in [0.2, 0.25) is 0 Å². The summed E-state index contributed by atoms with van der Waals surface area (Å²) in [6.45, 7) is 0. The van der Waals surface area contributed by atoms with E-state index in [1.165, 1.54) is 5.56 Å². The van der Waals surface area contributed by atoms with Crippen LogP contribution in [0.3, 0.4) is 0 Å². The number of rotatable bonds is 4. The molecule has 26 heavy (non-hydrogen) atoms. The van der Waals surface area contributed by atoms with E-state index < -0.39 is 0 Å². The Bertz CT molecular complexity index is 910. The van der Waals surface area contributed by atoms with Gasteiger partial charge in [-0.1, -0.05) is 28.1 Å². The third-order valence-electron chi connectivity index (χ3n) is 4.70. The number of nitrogens with zero attached hydrogens (tertiary/aromatic N) is 3. The predicted octanol–water partition coefficient (Wildman–Crippen LogP) is 4.20. The van der Waals surface area contributed by atoms with Crippen LogP contribution in [0.4, 0.5) is 5.95 Å². The molecule has 6 nitrogen and oxygen atoms in total. The van der Waals surface area contributed by atoms with Crippen molar-refractivity contribution in [2.75, 3.05) is 19.5 Å². The van der Waals surface area contributed by atoms with Crippen LogP contribution in [0.5, 0.6) is 11.5 Å². The minimum atomic E-state index is -0.00699. The summed E-state index contributed by atoms with van der Waals surface area (Å²) in [6.07, 6.45) is 2.40. The molecule has 0 saturated carbocycles. The van der Waals surface area contributed by atoms with Crippen LogP contribution < -0.4 is 14.8 Å². The first-order chi connectivity index (χ1) is 12.7. The van der Waals surface area contributed by atoms with E-state index in [-0.39, 0.29) is 12.1 Å². The Hall–Kier alpha value is -2.54. The van der Waals surface area contributed by atoms with Crippen LogP contribution >= 0.6 is 15.9 Å². The summed E-state index contributed by atoms with van der Waals surface area (Å²) in [7, 11) is 3.35. The maximum Gasteiger partial charge on any atom is 0.222 e. The Morgan fingerprint density at radius 1 is 1.12 bits per heavy atom. The first-order valence-corrected chi connectivity index (χ1v) is 9.12. The Balaban J connectivity index is 1.77. The molecule has 0 fully saturated rings. The quantitative estimate of drug-likeness (QED) is 0.692. The van der Waals surface area contributed by atoms with Gasteiger partial charge >= 0.3 is 0 Å². The topological polar surface area (TPSA) is 61.2 Å². The fourth-order valence-electron chi connectivity index (χ4n) is 3.39. The van der Waals surface area contributed by atoms with Gasteiger partial charge in [-0.15, -0.1) is 0 Å². The Kier molecular flexibility index (Phi) is 4.55. The summed E-state index contributed by atoms with van der Waals surface area (Å²) in [5.41, 5.74) is 2.23. The van der Waals surface area contributed by atoms with Gasteiger partial charge in [-0.25, -0.2) is 4.68 Å². The lowest BCUT2D eigenvalue weighted by Crippen LogP contribution is -2.28. The number of hydrogen-bond acceptors (Lipinski definition) is 5. The normalized spacial score (nSPS) is 18.7. The number of hydrogen-bond donors (Lipinski definition) is 1. The number of anilines is 1. The van der Waals surface area contributed by atoms with Gasteiger partial charge in [-0.2, -0.15) is 10.1 Å². The highest BCUT2D eigenvalue weighted by molar-refractivity contribution is 9.10. The third kappa shape index (κ3) is 3.03. The predicted molar refractivity (Wildman–Crippen MR) is 103 cm³/mol. The number of ether oxygens (including phenoxy) is 2. The highest BCUT2D eigenvalue weighted by Gasteiger charge is 2.31. The van der Waals surface area contributed by atoms with E-state index in [0.29, 0.717) is 0 Å². The molecule has 134 valence electrons. The van der Waals surface area contributed by atoms with Crippen molar-refractivity contribution in [2.24, 2.45) is 0 Å². The van der Waals surface area contributed by atoms with E-state index in [0.717, 1.165) is 33.9 Å². The van der Waals surface area contributed by atoms with E-state index >= 15 is 0 Å². The highest BCUT2D eigenvalue weighted by atomic mass is 79.9. The molecule has 2 heterocycles. The van der Waals surface area contributed by atoms with E-state index in [9.17, 15) is 0 Å². The number of benzene rings is 2. The lowest BCUT2D eigenvalue weighted by molar-refractivity contribution is 0.373. The van der Waals surface area contributed by atoms with Gasteiger partial charge in [0, 0.05) is 10.0 Å². The molecular formula is C19H19BrN4O2. The van der Waals surface area contributed by atoms with E-state index in [1.54, 1.807) is 20.5 Å². The van der Waals surface area contributed by atoms with Crippen molar-refractivity contribution in [1.82, 2.24) is 14.8 Å². The molecule has 1 aliphatic rings. The molecule has 0 radical (unpaired) electrons. The van der Waals surface area contributed by atoms with Gasteiger partial charge in [0.15, 0.2) is 0 Å². The molecule has 0 unspecified atom stereocenters. The second-order valence-electron chi connectivity index (χ2n) is 6.14. The molecule has 1 N–H and O–H groups in total. The average molecular weight is 415 g/mol. The highest BCUT2D eigenvalue weighted by Crippen LogP contribution is 2.41. The average Bonchev–Trinajstić information content (AvgIpc) is 3.16. The zero-order chi connectivity index (χ0) is 18.1. The molecule has 7 heteroatoms. The van der Waals surface area contributed by atoms with Crippen molar-refractivity contribution < 1.29 is 9.47 Å². The van der Waals surface area contributed by atoms with Gasteiger partial charge in [-0.3, -0.25) is 0 Å². The maximum atomic E-state index is 5.60. The fourth-order valence-corrected chi connectivity index (χ4v) is 3.66. The molecule has 1 aromatic heterocycles. The smallest absolute Gasteiger partial charge is 0.222 e. The molecule has 4 rings (SSSR count). The van der Waals surface area contributed by atoms with Crippen LogP contribution in [-0.2, 0) is 0 Å². The van der Waals surface area contributed by atoms with Gasteiger partial charge in [-0.05, 0) is 42.3 Å². The van der Waals surface area contributed by atoms with Gasteiger partial charge in [0.1, 0.15) is 17.8 Å². The zero-order valence-corrected chi connectivity index (χ0v) is 16.1. The first kappa shape index (κ1) is 16.9. The molecular weight excluding hydrogens is 396 g/mol. The van der Waals surface area contributed by atoms with Crippen molar-refractivity contribution in [3.8, 4) is 11.5 Å². The number of methoxy groups -OCH3 is 2. The molecule has 0 saturated heterocycles. The number of fused-ring (bicyclic) bond motifs is 1. The fraction of sp³-hybridized carbons (Fsp3) is 0.263. The largest absolute Gasteiger partial charge is 0.497 e. The zero-order valence-electron chi connectivity index (χ0n) is 14.5. The summed E-state index contributed by atoms with van der Waals surface area (Å²) < 4.78 is 14.0. The Labute approximate surface area is 160 Å². The first-order valence-electron chi connectivity index (χ1n) is 8.33. The number of halogens is 1. The van der Waals surface area contributed by atoms with E-state index in [1.807, 2.05) is 22.9 Å². The van der Waals surface area contributed by atoms with Crippen LogP contribution in [0.15, 0.2) is 53.3 Å². The summed E-state index contributed by atoms with van der Waals surface area (Å²) in [5.74, 6) is 2.36. The molecule has 2 aromatic carbocycles. The molecule has 0 bridgehead atoms. The van der Waals surface area contributed by atoms with Crippen LogP contribution in [0.25, 0.3) is 0 Å². The van der Waals surface area contributed by atoms with Gasteiger partial charge in [0.25, 0.3) is 0 Å².